The average molecular weight is 367 g/mol. The molecule has 0 unspecified atom stereocenters. The van der Waals surface area contributed by atoms with Gasteiger partial charge in [-0.3, -0.25) is 4.79 Å². The highest BCUT2D eigenvalue weighted by Crippen LogP contribution is 2.25. The van der Waals surface area contributed by atoms with Gasteiger partial charge in [-0.05, 0) is 38.1 Å². The molecular weight excluding hydrogens is 346 g/mol. The van der Waals surface area contributed by atoms with Crippen molar-refractivity contribution in [2.75, 3.05) is 5.32 Å². The molecule has 0 saturated heterocycles. The van der Waals surface area contributed by atoms with Crippen molar-refractivity contribution < 1.29 is 4.79 Å². The number of amides is 1. The summed E-state index contributed by atoms with van der Waals surface area (Å²) < 4.78 is 1.76. The Morgan fingerprint density at radius 2 is 1.43 bits per heavy atom. The van der Waals surface area contributed by atoms with E-state index in [4.69, 9.17) is 5.10 Å². The maximum atomic E-state index is 13.0. The number of nitrogens with one attached hydrogen (secondary N) is 1. The van der Waals surface area contributed by atoms with Gasteiger partial charge in [0.05, 0.1) is 11.3 Å². The van der Waals surface area contributed by atoms with Crippen LogP contribution in [0.1, 0.15) is 21.5 Å². The van der Waals surface area contributed by atoms with Crippen molar-refractivity contribution >= 4 is 11.6 Å². The van der Waals surface area contributed by atoms with Gasteiger partial charge < -0.3 is 5.32 Å². The van der Waals surface area contributed by atoms with E-state index in [1.165, 1.54) is 5.56 Å². The summed E-state index contributed by atoms with van der Waals surface area (Å²) in [4.78, 5) is 13.0. The van der Waals surface area contributed by atoms with Crippen molar-refractivity contribution in [3.8, 4) is 16.9 Å². The second kappa shape index (κ2) is 7.53. The Bertz CT molecular complexity index is 1100. The lowest BCUT2D eigenvalue weighted by atomic mass is 10.1. The fourth-order valence-corrected chi connectivity index (χ4v) is 3.01. The topological polar surface area (TPSA) is 46.9 Å². The maximum absolute atomic E-state index is 13.0. The summed E-state index contributed by atoms with van der Waals surface area (Å²) >= 11 is 0. The number of carbonyl (C=O) groups excluding carboxylic acids is 1. The third-order valence-corrected chi connectivity index (χ3v) is 4.61. The minimum atomic E-state index is -0.180. The molecule has 0 aliphatic carbocycles. The molecule has 1 amide bonds. The molecule has 4 rings (SSSR count). The molecule has 0 aliphatic heterocycles. The van der Waals surface area contributed by atoms with E-state index in [2.05, 4.69) is 5.32 Å². The predicted octanol–water partition coefficient (Wildman–Crippen LogP) is 5.41. The van der Waals surface area contributed by atoms with Gasteiger partial charge in [0.1, 0.15) is 5.69 Å². The number of aromatic nitrogens is 2. The van der Waals surface area contributed by atoms with Crippen molar-refractivity contribution in [3.05, 3.63) is 102 Å². The van der Waals surface area contributed by atoms with E-state index in [1.807, 2.05) is 92.7 Å². The van der Waals surface area contributed by atoms with Crippen LogP contribution in [-0.4, -0.2) is 15.7 Å². The zero-order valence-corrected chi connectivity index (χ0v) is 15.9. The lowest BCUT2D eigenvalue weighted by Gasteiger charge is -2.06. The highest BCUT2D eigenvalue weighted by Gasteiger charge is 2.18. The largest absolute Gasteiger partial charge is 0.322 e. The first kappa shape index (κ1) is 17.7. The van der Waals surface area contributed by atoms with Gasteiger partial charge in [-0.2, -0.15) is 5.10 Å². The number of hydrogen-bond acceptors (Lipinski definition) is 2. The van der Waals surface area contributed by atoms with Gasteiger partial charge in [-0.25, -0.2) is 4.68 Å². The number of anilines is 1. The van der Waals surface area contributed by atoms with Crippen LogP contribution in [0.4, 0.5) is 5.69 Å². The summed E-state index contributed by atoms with van der Waals surface area (Å²) in [5.41, 5.74) is 6.10. The molecule has 3 aromatic carbocycles. The number of aryl methyl sites for hydroxylation is 2. The van der Waals surface area contributed by atoms with Crippen LogP contribution in [0.2, 0.25) is 0 Å². The quantitative estimate of drug-likeness (QED) is 0.524. The van der Waals surface area contributed by atoms with E-state index in [9.17, 15) is 4.79 Å². The van der Waals surface area contributed by atoms with Crippen LogP contribution in [0.15, 0.2) is 85.1 Å². The highest BCUT2D eigenvalue weighted by atomic mass is 16.1. The first-order valence-corrected chi connectivity index (χ1v) is 9.20. The molecule has 1 aromatic heterocycles. The summed E-state index contributed by atoms with van der Waals surface area (Å²) in [5, 5.41) is 7.69. The molecule has 4 nitrogen and oxygen atoms in total. The fraction of sp³-hybridized carbons (Fsp3) is 0.0833. The summed E-state index contributed by atoms with van der Waals surface area (Å²) in [6, 6.07) is 25.6. The Balaban J connectivity index is 1.74. The van der Waals surface area contributed by atoms with Gasteiger partial charge in [0.15, 0.2) is 0 Å². The van der Waals surface area contributed by atoms with E-state index in [-0.39, 0.29) is 5.91 Å². The van der Waals surface area contributed by atoms with Crippen LogP contribution >= 0.6 is 0 Å². The Hall–Kier alpha value is -3.66. The van der Waals surface area contributed by atoms with Crippen LogP contribution < -0.4 is 5.32 Å². The second-order valence-corrected chi connectivity index (χ2v) is 6.86. The number of nitrogens with zero attached hydrogens (tertiary/aromatic N) is 2. The van der Waals surface area contributed by atoms with E-state index >= 15 is 0 Å². The first-order valence-electron chi connectivity index (χ1n) is 9.20. The van der Waals surface area contributed by atoms with E-state index in [0.29, 0.717) is 11.3 Å². The number of benzene rings is 3. The van der Waals surface area contributed by atoms with Gasteiger partial charge in [-0.1, -0.05) is 65.7 Å². The molecular formula is C24H21N3O. The van der Waals surface area contributed by atoms with Crippen LogP contribution in [0.25, 0.3) is 16.9 Å². The van der Waals surface area contributed by atoms with Crippen LogP contribution in [0, 0.1) is 13.8 Å². The average Bonchev–Trinajstić information content (AvgIpc) is 3.16. The normalized spacial score (nSPS) is 10.6. The number of carbonyl (C=O) groups is 1. The smallest absolute Gasteiger partial charge is 0.259 e. The molecule has 4 heteroatoms. The van der Waals surface area contributed by atoms with Crippen molar-refractivity contribution in [2.24, 2.45) is 0 Å². The van der Waals surface area contributed by atoms with Crippen molar-refractivity contribution in [2.45, 2.75) is 13.8 Å². The maximum Gasteiger partial charge on any atom is 0.259 e. The fourth-order valence-electron chi connectivity index (χ4n) is 3.01. The van der Waals surface area contributed by atoms with Crippen LogP contribution in [-0.2, 0) is 0 Å². The summed E-state index contributed by atoms with van der Waals surface area (Å²) in [6.45, 7) is 4.06. The Morgan fingerprint density at radius 1 is 0.821 bits per heavy atom. The van der Waals surface area contributed by atoms with Crippen molar-refractivity contribution in [3.63, 3.8) is 0 Å². The van der Waals surface area contributed by atoms with E-state index in [0.717, 1.165) is 22.5 Å². The van der Waals surface area contributed by atoms with Gasteiger partial charge in [-0.15, -0.1) is 0 Å². The third kappa shape index (κ3) is 3.71. The minimum Gasteiger partial charge on any atom is -0.322 e. The molecule has 0 radical (unpaired) electrons. The Kier molecular flexibility index (Phi) is 4.77. The van der Waals surface area contributed by atoms with Crippen molar-refractivity contribution in [1.82, 2.24) is 9.78 Å². The zero-order valence-electron chi connectivity index (χ0n) is 15.9. The number of rotatable bonds is 4. The van der Waals surface area contributed by atoms with Gasteiger partial charge in [0.25, 0.3) is 5.91 Å². The number of hydrogen-bond donors (Lipinski definition) is 1. The molecule has 4 aromatic rings. The molecule has 0 aliphatic rings. The molecule has 0 saturated carbocycles. The van der Waals surface area contributed by atoms with Gasteiger partial charge >= 0.3 is 0 Å². The predicted molar refractivity (Wildman–Crippen MR) is 113 cm³/mol. The molecule has 1 heterocycles. The molecule has 0 atom stereocenters. The third-order valence-electron chi connectivity index (χ3n) is 4.61. The summed E-state index contributed by atoms with van der Waals surface area (Å²) in [7, 11) is 0. The monoisotopic (exact) mass is 367 g/mol. The molecule has 0 spiro atoms. The highest BCUT2D eigenvalue weighted by molar-refractivity contribution is 6.08. The molecule has 0 fully saturated rings. The SMILES string of the molecule is Cc1ccc(NC(=O)c2cn(-c3ccc(C)cc3)nc2-c2ccccc2)cc1. The van der Waals surface area contributed by atoms with E-state index in [1.54, 1.807) is 10.9 Å². The Morgan fingerprint density at radius 3 is 2.07 bits per heavy atom. The minimum absolute atomic E-state index is 0.180. The van der Waals surface area contributed by atoms with E-state index < -0.39 is 0 Å². The zero-order chi connectivity index (χ0) is 19.5. The molecule has 28 heavy (non-hydrogen) atoms. The van der Waals surface area contributed by atoms with Crippen LogP contribution in [0.5, 0.6) is 0 Å². The van der Waals surface area contributed by atoms with Crippen LogP contribution in [0.3, 0.4) is 0 Å². The van der Waals surface area contributed by atoms with Crippen molar-refractivity contribution in [1.29, 1.82) is 0 Å². The summed E-state index contributed by atoms with van der Waals surface area (Å²) in [5.74, 6) is -0.180. The first-order chi connectivity index (χ1) is 13.6. The molecule has 1 N–H and O–H groups in total. The molecule has 138 valence electrons. The van der Waals surface area contributed by atoms with Gasteiger partial charge in [0.2, 0.25) is 0 Å². The Labute approximate surface area is 164 Å². The van der Waals surface area contributed by atoms with Gasteiger partial charge in [0, 0.05) is 17.4 Å². The molecule has 0 bridgehead atoms. The lowest BCUT2D eigenvalue weighted by Crippen LogP contribution is -2.12. The lowest BCUT2D eigenvalue weighted by molar-refractivity contribution is 0.102. The summed E-state index contributed by atoms with van der Waals surface area (Å²) in [6.07, 6.45) is 1.79. The second-order valence-electron chi connectivity index (χ2n) is 6.86. The standard InChI is InChI=1S/C24H21N3O/c1-17-8-12-20(13-9-17)25-24(28)22-16-27(21-14-10-18(2)11-15-21)26-23(22)19-6-4-3-5-7-19/h3-16H,1-2H3,(H,25,28).